The van der Waals surface area contributed by atoms with Crippen LogP contribution in [0.25, 0.3) is 0 Å². The molecule has 0 aromatic rings. The highest BCUT2D eigenvalue weighted by atomic mass is 19.1. The van der Waals surface area contributed by atoms with E-state index in [0.717, 1.165) is 19.4 Å². The maximum Gasteiger partial charge on any atom is 0.100 e. The van der Waals surface area contributed by atoms with Crippen LogP contribution in [0.5, 0.6) is 0 Å². The first-order valence-corrected chi connectivity index (χ1v) is 5.29. The summed E-state index contributed by atoms with van der Waals surface area (Å²) in [5.74, 6) is 0.607. The minimum absolute atomic E-state index is 0.0218. The Morgan fingerprint density at radius 2 is 2.07 bits per heavy atom. The van der Waals surface area contributed by atoms with Gasteiger partial charge in [0.2, 0.25) is 0 Å². The highest BCUT2D eigenvalue weighted by Crippen LogP contribution is 2.26. The summed E-state index contributed by atoms with van der Waals surface area (Å²) in [6.07, 6.45) is 6.23. The van der Waals surface area contributed by atoms with Crippen molar-refractivity contribution in [1.82, 2.24) is 4.90 Å². The second kappa shape index (κ2) is 5.30. The molecule has 0 radical (unpaired) electrons. The molecule has 0 aromatic heterocycles. The van der Waals surface area contributed by atoms with E-state index in [9.17, 15) is 4.39 Å². The zero-order valence-corrected chi connectivity index (χ0v) is 9.39. The monoisotopic (exact) mass is 197 g/mol. The zero-order chi connectivity index (χ0) is 10.6. The normalized spacial score (nSPS) is 19.2. The first-order chi connectivity index (χ1) is 6.59. The minimum atomic E-state index is 0.0218. The molecule has 0 spiro atoms. The van der Waals surface area contributed by atoms with E-state index in [1.165, 1.54) is 5.57 Å². The third-order valence-electron chi connectivity index (χ3n) is 2.77. The van der Waals surface area contributed by atoms with Gasteiger partial charge in [-0.1, -0.05) is 18.6 Å². The SMILES string of the molecule is CC(CCN(C)C)C1=CC=C(F)CC1. The number of hydrogen-bond acceptors (Lipinski definition) is 1. The Hall–Kier alpha value is -0.630. The van der Waals surface area contributed by atoms with E-state index in [0.29, 0.717) is 12.3 Å². The molecule has 0 N–H and O–H groups in total. The Balaban J connectivity index is 2.41. The average molecular weight is 197 g/mol. The molecule has 2 heteroatoms. The predicted molar refractivity (Wildman–Crippen MR) is 58.8 cm³/mol. The smallest absolute Gasteiger partial charge is 0.100 e. The minimum Gasteiger partial charge on any atom is -0.309 e. The van der Waals surface area contributed by atoms with Crippen LogP contribution in [0.15, 0.2) is 23.6 Å². The largest absolute Gasteiger partial charge is 0.309 e. The van der Waals surface area contributed by atoms with Gasteiger partial charge in [0.05, 0.1) is 0 Å². The fraction of sp³-hybridized carbons (Fsp3) is 0.667. The third kappa shape index (κ3) is 3.62. The second-order valence-corrected chi connectivity index (χ2v) is 4.35. The van der Waals surface area contributed by atoms with E-state index in [1.54, 1.807) is 6.08 Å². The lowest BCUT2D eigenvalue weighted by Gasteiger charge is -2.19. The summed E-state index contributed by atoms with van der Waals surface area (Å²) < 4.78 is 12.7. The van der Waals surface area contributed by atoms with Crippen molar-refractivity contribution in [1.29, 1.82) is 0 Å². The Kier molecular flexibility index (Phi) is 4.33. The van der Waals surface area contributed by atoms with Crippen molar-refractivity contribution in [2.45, 2.75) is 26.2 Å². The van der Waals surface area contributed by atoms with Crippen molar-refractivity contribution < 1.29 is 4.39 Å². The van der Waals surface area contributed by atoms with E-state index in [1.807, 2.05) is 6.08 Å². The molecular weight excluding hydrogens is 177 g/mol. The molecule has 0 fully saturated rings. The van der Waals surface area contributed by atoms with E-state index in [4.69, 9.17) is 0 Å². The number of rotatable bonds is 4. The van der Waals surface area contributed by atoms with Crippen LogP contribution in [-0.2, 0) is 0 Å². The van der Waals surface area contributed by atoms with Crippen molar-refractivity contribution in [2.75, 3.05) is 20.6 Å². The summed E-state index contributed by atoms with van der Waals surface area (Å²) in [5.41, 5.74) is 1.40. The van der Waals surface area contributed by atoms with Gasteiger partial charge in [-0.15, -0.1) is 0 Å². The van der Waals surface area contributed by atoms with Crippen molar-refractivity contribution in [2.24, 2.45) is 5.92 Å². The van der Waals surface area contributed by atoms with Gasteiger partial charge in [-0.05, 0) is 45.5 Å². The molecule has 14 heavy (non-hydrogen) atoms. The van der Waals surface area contributed by atoms with E-state index in [2.05, 4.69) is 25.9 Å². The van der Waals surface area contributed by atoms with Crippen LogP contribution in [-0.4, -0.2) is 25.5 Å². The van der Waals surface area contributed by atoms with Gasteiger partial charge in [-0.3, -0.25) is 0 Å². The maximum atomic E-state index is 12.7. The van der Waals surface area contributed by atoms with E-state index < -0.39 is 0 Å². The summed E-state index contributed by atoms with van der Waals surface area (Å²) in [6.45, 7) is 3.33. The molecule has 0 heterocycles. The molecular formula is C12H20FN. The summed E-state index contributed by atoms with van der Waals surface area (Å²) in [7, 11) is 4.17. The topological polar surface area (TPSA) is 3.24 Å². The van der Waals surface area contributed by atoms with Crippen LogP contribution in [0.2, 0.25) is 0 Å². The molecule has 1 unspecified atom stereocenters. The lowest BCUT2D eigenvalue weighted by molar-refractivity contribution is 0.372. The van der Waals surface area contributed by atoms with Gasteiger partial charge in [-0.25, -0.2) is 4.39 Å². The van der Waals surface area contributed by atoms with E-state index in [-0.39, 0.29) is 5.83 Å². The molecule has 0 aliphatic heterocycles. The van der Waals surface area contributed by atoms with Crippen LogP contribution >= 0.6 is 0 Å². The van der Waals surface area contributed by atoms with Crippen LogP contribution in [0.1, 0.15) is 26.2 Å². The number of hydrogen-bond donors (Lipinski definition) is 0. The van der Waals surface area contributed by atoms with Gasteiger partial charge in [0, 0.05) is 6.42 Å². The number of nitrogens with zero attached hydrogens (tertiary/aromatic N) is 1. The molecule has 1 aliphatic rings. The first kappa shape index (κ1) is 11.4. The molecule has 1 atom stereocenters. The van der Waals surface area contributed by atoms with Crippen molar-refractivity contribution in [3.63, 3.8) is 0 Å². The highest BCUT2D eigenvalue weighted by molar-refractivity contribution is 5.22. The molecule has 0 saturated heterocycles. The summed E-state index contributed by atoms with van der Waals surface area (Å²) in [6, 6.07) is 0. The molecule has 80 valence electrons. The van der Waals surface area contributed by atoms with Crippen LogP contribution in [0.3, 0.4) is 0 Å². The lowest BCUT2D eigenvalue weighted by Crippen LogP contribution is -2.16. The highest BCUT2D eigenvalue weighted by Gasteiger charge is 2.12. The third-order valence-corrected chi connectivity index (χ3v) is 2.77. The quantitative estimate of drug-likeness (QED) is 0.669. The molecule has 1 rings (SSSR count). The van der Waals surface area contributed by atoms with Crippen molar-refractivity contribution >= 4 is 0 Å². The summed E-state index contributed by atoms with van der Waals surface area (Å²) in [5, 5.41) is 0. The Labute approximate surface area is 86.3 Å². The van der Waals surface area contributed by atoms with Gasteiger partial charge in [-0.2, -0.15) is 0 Å². The lowest BCUT2D eigenvalue weighted by atomic mass is 9.90. The standard InChI is InChI=1S/C12H20FN/c1-10(8-9-14(2)3)11-4-6-12(13)7-5-11/h4,6,10H,5,7-9H2,1-3H3. The van der Waals surface area contributed by atoms with Crippen LogP contribution < -0.4 is 0 Å². The Bertz CT molecular complexity index is 241. The van der Waals surface area contributed by atoms with Crippen molar-refractivity contribution in [3.8, 4) is 0 Å². The fourth-order valence-electron chi connectivity index (χ4n) is 1.68. The fourth-order valence-corrected chi connectivity index (χ4v) is 1.68. The van der Waals surface area contributed by atoms with Crippen LogP contribution in [0, 0.1) is 5.92 Å². The van der Waals surface area contributed by atoms with Crippen LogP contribution in [0.4, 0.5) is 4.39 Å². The van der Waals surface area contributed by atoms with E-state index >= 15 is 0 Å². The van der Waals surface area contributed by atoms with Gasteiger partial charge >= 0.3 is 0 Å². The molecule has 0 amide bonds. The molecule has 0 aromatic carbocycles. The first-order valence-electron chi connectivity index (χ1n) is 5.29. The number of halogens is 1. The van der Waals surface area contributed by atoms with Gasteiger partial charge in [0.25, 0.3) is 0 Å². The Morgan fingerprint density at radius 1 is 1.36 bits per heavy atom. The van der Waals surface area contributed by atoms with Gasteiger partial charge < -0.3 is 4.90 Å². The second-order valence-electron chi connectivity index (χ2n) is 4.35. The molecule has 1 aliphatic carbocycles. The Morgan fingerprint density at radius 3 is 2.57 bits per heavy atom. The maximum absolute atomic E-state index is 12.7. The average Bonchev–Trinajstić information content (AvgIpc) is 2.15. The number of allylic oxidation sites excluding steroid dienone is 4. The van der Waals surface area contributed by atoms with Gasteiger partial charge in [0.1, 0.15) is 5.83 Å². The summed E-state index contributed by atoms with van der Waals surface area (Å²) in [4.78, 5) is 2.19. The summed E-state index contributed by atoms with van der Waals surface area (Å²) >= 11 is 0. The molecule has 0 bridgehead atoms. The zero-order valence-electron chi connectivity index (χ0n) is 9.39. The van der Waals surface area contributed by atoms with Crippen molar-refractivity contribution in [3.05, 3.63) is 23.6 Å². The molecule has 0 saturated carbocycles. The van der Waals surface area contributed by atoms with Gasteiger partial charge in [0.15, 0.2) is 0 Å². The molecule has 1 nitrogen and oxygen atoms in total. The predicted octanol–water partition coefficient (Wildman–Crippen LogP) is 3.15.